The second-order valence-corrected chi connectivity index (χ2v) is 10.9. The number of hydrogen-bond donors (Lipinski definition) is 1. The van der Waals surface area contributed by atoms with E-state index in [9.17, 15) is 19.5 Å². The van der Waals surface area contributed by atoms with Gasteiger partial charge in [-0.25, -0.2) is 0 Å². The third kappa shape index (κ3) is 2.68. The molecule has 6 nitrogen and oxygen atoms in total. The van der Waals surface area contributed by atoms with Crippen LogP contribution in [0.25, 0.3) is 0 Å². The Morgan fingerprint density at radius 2 is 1.77 bits per heavy atom. The Kier molecular flexibility index (Phi) is 4.78. The lowest BCUT2D eigenvalue weighted by Gasteiger charge is -2.66. The molecule has 4 aliphatic rings. The van der Waals surface area contributed by atoms with Gasteiger partial charge in [-0.1, -0.05) is 32.9 Å². The van der Waals surface area contributed by atoms with Gasteiger partial charge < -0.3 is 14.6 Å². The summed E-state index contributed by atoms with van der Waals surface area (Å²) < 4.78 is 11.2. The van der Waals surface area contributed by atoms with Gasteiger partial charge in [0.15, 0.2) is 0 Å². The first-order valence-corrected chi connectivity index (χ1v) is 11.1. The summed E-state index contributed by atoms with van der Waals surface area (Å²) in [7, 11) is 0. The van der Waals surface area contributed by atoms with Crippen LogP contribution in [-0.4, -0.2) is 41.6 Å². The van der Waals surface area contributed by atoms with Crippen LogP contribution < -0.4 is 0 Å². The Bertz CT molecular complexity index is 819. The van der Waals surface area contributed by atoms with E-state index in [1.54, 1.807) is 0 Å². The lowest BCUT2D eigenvalue weighted by molar-refractivity contribution is -0.228. The first-order chi connectivity index (χ1) is 13.9. The lowest BCUT2D eigenvalue weighted by atomic mass is 9.38. The molecular formula is C24H34O6. The Morgan fingerprint density at radius 1 is 1.07 bits per heavy atom. The molecule has 0 radical (unpaired) electrons. The zero-order chi connectivity index (χ0) is 22.1. The number of hydrogen-bond acceptors (Lipinski definition) is 6. The Labute approximate surface area is 178 Å². The molecule has 4 aliphatic carbocycles. The average molecular weight is 419 g/mol. The predicted molar refractivity (Wildman–Crippen MR) is 109 cm³/mol. The molecule has 4 rings (SSSR count). The van der Waals surface area contributed by atoms with Crippen molar-refractivity contribution in [3.05, 3.63) is 12.2 Å². The van der Waals surface area contributed by atoms with E-state index in [2.05, 4.69) is 26.8 Å². The number of aliphatic hydroxyl groups is 1. The van der Waals surface area contributed by atoms with Gasteiger partial charge in [-0.05, 0) is 37.5 Å². The summed E-state index contributed by atoms with van der Waals surface area (Å²) in [6.07, 6.45) is 6.17. The second-order valence-electron chi connectivity index (χ2n) is 10.9. The number of ketones is 1. The van der Waals surface area contributed by atoms with Crippen molar-refractivity contribution in [3.63, 3.8) is 0 Å². The molecule has 3 saturated carbocycles. The largest absolute Gasteiger partial charge is 0.465 e. The maximum absolute atomic E-state index is 13.8. The van der Waals surface area contributed by atoms with E-state index in [4.69, 9.17) is 9.47 Å². The molecule has 0 unspecified atom stereocenters. The molecule has 166 valence electrons. The third-order valence-electron chi connectivity index (χ3n) is 9.13. The standard InChI is InChI=1S/C24H34O6/c1-14(25)29-13-22(4)9-7-18(27)23(5)16-6-8-21(3)10-11-24(16,19(28)12-17(22)23)20(21)30-15(2)26/h10-11,16-18,20,27H,6-9,12-13H2,1-5H3/t16-,17+,18-,20-,21+,22+,23-,24+/m0/s1. The molecule has 0 aromatic rings. The molecule has 0 heterocycles. The summed E-state index contributed by atoms with van der Waals surface area (Å²) in [4.78, 5) is 37.3. The highest BCUT2D eigenvalue weighted by atomic mass is 16.5. The number of carbonyl (C=O) groups is 3. The molecule has 0 saturated heterocycles. The fraction of sp³-hybridized carbons (Fsp3) is 0.792. The summed E-state index contributed by atoms with van der Waals surface area (Å²) in [5.74, 6) is -0.848. The van der Waals surface area contributed by atoms with Crippen LogP contribution in [0.4, 0.5) is 0 Å². The zero-order valence-corrected chi connectivity index (χ0v) is 18.7. The molecule has 3 fully saturated rings. The van der Waals surface area contributed by atoms with Crippen LogP contribution in [0, 0.1) is 33.5 Å². The molecule has 8 atom stereocenters. The number of aliphatic hydroxyl groups excluding tert-OH is 1. The first kappa shape index (κ1) is 21.5. The van der Waals surface area contributed by atoms with E-state index >= 15 is 0 Å². The quantitative estimate of drug-likeness (QED) is 0.559. The SMILES string of the molecule is CC(=O)OC[C@@]1(C)CC[C@H](O)[C@]2(C)[C@@H]1CC(=O)[C@@]13C=C[C@@](C)(CC[C@H]12)[C@@H]3OC(C)=O. The number of esters is 2. The maximum atomic E-state index is 13.8. The van der Waals surface area contributed by atoms with Gasteiger partial charge in [-0.3, -0.25) is 14.4 Å². The second kappa shape index (κ2) is 6.65. The highest BCUT2D eigenvalue weighted by molar-refractivity contribution is 5.91. The molecular weight excluding hydrogens is 384 g/mol. The molecule has 1 spiro atoms. The molecule has 2 bridgehead atoms. The molecule has 30 heavy (non-hydrogen) atoms. The van der Waals surface area contributed by atoms with Crippen molar-refractivity contribution in [3.8, 4) is 0 Å². The Balaban J connectivity index is 1.80. The minimum Gasteiger partial charge on any atom is -0.465 e. The lowest BCUT2D eigenvalue weighted by Crippen LogP contribution is -2.69. The van der Waals surface area contributed by atoms with Crippen LogP contribution in [0.5, 0.6) is 0 Å². The summed E-state index contributed by atoms with van der Waals surface area (Å²) >= 11 is 0. The minimum absolute atomic E-state index is 0.0871. The van der Waals surface area contributed by atoms with Crippen LogP contribution in [0.1, 0.15) is 66.7 Å². The molecule has 0 amide bonds. The van der Waals surface area contributed by atoms with Gasteiger partial charge in [0.25, 0.3) is 0 Å². The summed E-state index contributed by atoms with van der Waals surface area (Å²) in [5, 5.41) is 11.3. The average Bonchev–Trinajstić information content (AvgIpc) is 2.83. The Hall–Kier alpha value is -1.69. The van der Waals surface area contributed by atoms with Crippen LogP contribution in [0.15, 0.2) is 12.2 Å². The molecule has 0 aliphatic heterocycles. The summed E-state index contributed by atoms with van der Waals surface area (Å²) in [6.45, 7) is 9.29. The fourth-order valence-electron chi connectivity index (χ4n) is 7.59. The van der Waals surface area contributed by atoms with Gasteiger partial charge in [0.1, 0.15) is 11.9 Å². The summed E-state index contributed by atoms with van der Waals surface area (Å²) in [6, 6.07) is 0. The van der Waals surface area contributed by atoms with E-state index in [-0.39, 0.29) is 47.0 Å². The highest BCUT2D eigenvalue weighted by Gasteiger charge is 2.73. The van der Waals surface area contributed by atoms with Gasteiger partial charge in [0.2, 0.25) is 0 Å². The molecule has 1 N–H and O–H groups in total. The van der Waals surface area contributed by atoms with Crippen molar-refractivity contribution in [2.24, 2.45) is 33.5 Å². The van der Waals surface area contributed by atoms with Crippen LogP contribution in [-0.2, 0) is 23.9 Å². The van der Waals surface area contributed by atoms with E-state index in [1.165, 1.54) is 13.8 Å². The minimum atomic E-state index is -0.884. The van der Waals surface area contributed by atoms with Crippen LogP contribution in [0.2, 0.25) is 0 Å². The first-order valence-electron chi connectivity index (χ1n) is 11.1. The van der Waals surface area contributed by atoms with E-state index in [0.29, 0.717) is 19.3 Å². The third-order valence-corrected chi connectivity index (χ3v) is 9.13. The van der Waals surface area contributed by atoms with E-state index in [1.807, 2.05) is 6.08 Å². The Morgan fingerprint density at radius 3 is 2.40 bits per heavy atom. The van der Waals surface area contributed by atoms with Gasteiger partial charge in [-0.2, -0.15) is 0 Å². The highest BCUT2D eigenvalue weighted by Crippen LogP contribution is 2.71. The van der Waals surface area contributed by atoms with Crippen molar-refractivity contribution >= 4 is 17.7 Å². The molecule has 0 aromatic heterocycles. The van der Waals surface area contributed by atoms with Crippen molar-refractivity contribution in [2.45, 2.75) is 78.9 Å². The van der Waals surface area contributed by atoms with Crippen molar-refractivity contribution in [1.82, 2.24) is 0 Å². The summed E-state index contributed by atoms with van der Waals surface area (Å²) in [5.41, 5.74) is -2.15. The maximum Gasteiger partial charge on any atom is 0.302 e. The number of rotatable bonds is 3. The molecule has 6 heteroatoms. The number of fused-ring (bicyclic) bond motifs is 3. The number of ether oxygens (including phenoxy) is 2. The molecule has 0 aromatic carbocycles. The smallest absolute Gasteiger partial charge is 0.302 e. The fourth-order valence-corrected chi connectivity index (χ4v) is 7.59. The van der Waals surface area contributed by atoms with Crippen molar-refractivity contribution in [1.29, 1.82) is 0 Å². The van der Waals surface area contributed by atoms with Gasteiger partial charge in [0, 0.05) is 36.5 Å². The van der Waals surface area contributed by atoms with Crippen LogP contribution in [0.3, 0.4) is 0 Å². The predicted octanol–water partition coefficient (Wildman–Crippen LogP) is 3.21. The topological polar surface area (TPSA) is 89.9 Å². The monoisotopic (exact) mass is 418 g/mol. The van der Waals surface area contributed by atoms with Gasteiger partial charge in [-0.15, -0.1) is 0 Å². The van der Waals surface area contributed by atoms with E-state index < -0.39 is 23.0 Å². The van der Waals surface area contributed by atoms with Crippen LogP contribution >= 0.6 is 0 Å². The normalized spacial score (nSPS) is 49.2. The van der Waals surface area contributed by atoms with Crippen molar-refractivity contribution in [2.75, 3.05) is 6.61 Å². The number of carbonyl (C=O) groups excluding carboxylic acids is 3. The van der Waals surface area contributed by atoms with E-state index in [0.717, 1.165) is 12.8 Å². The number of Topliss-reactive ketones (excluding diaryl/α,β-unsaturated/α-hetero) is 1. The zero-order valence-electron chi connectivity index (χ0n) is 18.7. The van der Waals surface area contributed by atoms with Gasteiger partial charge >= 0.3 is 11.9 Å². The van der Waals surface area contributed by atoms with Crippen molar-refractivity contribution < 1.29 is 29.0 Å². The van der Waals surface area contributed by atoms with Gasteiger partial charge in [0.05, 0.1) is 18.1 Å².